The first kappa shape index (κ1) is 20.9. The van der Waals surface area contributed by atoms with Crippen molar-refractivity contribution in [1.82, 2.24) is 14.8 Å². The first-order chi connectivity index (χ1) is 14.8. The second-order valence-corrected chi connectivity index (χ2v) is 7.06. The molecule has 0 spiro atoms. The van der Waals surface area contributed by atoms with Gasteiger partial charge >= 0.3 is 6.18 Å². The lowest BCUT2D eigenvalue weighted by Gasteiger charge is -2.28. The molecule has 162 valence electrons. The van der Waals surface area contributed by atoms with E-state index >= 15 is 0 Å². The Hall–Kier alpha value is -3.40. The van der Waals surface area contributed by atoms with Crippen molar-refractivity contribution < 1.29 is 22.7 Å². The van der Waals surface area contributed by atoms with Crippen LogP contribution in [0.3, 0.4) is 0 Å². The molecule has 0 radical (unpaired) electrons. The molecule has 4 rings (SSSR count). The molecule has 1 fully saturated rings. The number of amides is 1. The van der Waals surface area contributed by atoms with Gasteiger partial charge in [-0.25, -0.2) is 9.67 Å². The summed E-state index contributed by atoms with van der Waals surface area (Å²) < 4.78 is 44.9. The Bertz CT molecular complexity index is 1060. The molecule has 1 aliphatic rings. The molecular formula is C21H20F3N5O2. The fraction of sp³-hybridized carbons (Fsp3) is 0.286. The van der Waals surface area contributed by atoms with Crippen LogP contribution in [0.5, 0.6) is 0 Å². The zero-order valence-corrected chi connectivity index (χ0v) is 16.7. The molecule has 0 unspecified atom stereocenters. The Balaban J connectivity index is 1.46. The van der Waals surface area contributed by atoms with Gasteiger partial charge in [-0.15, -0.1) is 0 Å². The van der Waals surface area contributed by atoms with E-state index in [9.17, 15) is 18.0 Å². The van der Waals surface area contributed by atoms with E-state index in [1.807, 2.05) is 24.3 Å². The quantitative estimate of drug-likeness (QED) is 0.682. The number of halogens is 3. The number of nitrogens with zero attached hydrogens (tertiary/aromatic N) is 4. The van der Waals surface area contributed by atoms with Gasteiger partial charge < -0.3 is 15.0 Å². The van der Waals surface area contributed by atoms with Gasteiger partial charge in [0.05, 0.1) is 36.2 Å². The zero-order chi connectivity index (χ0) is 22.0. The molecule has 0 atom stereocenters. The van der Waals surface area contributed by atoms with Gasteiger partial charge in [0.25, 0.3) is 5.91 Å². The molecule has 7 nitrogen and oxygen atoms in total. The average molecular weight is 431 g/mol. The second kappa shape index (κ2) is 8.38. The van der Waals surface area contributed by atoms with Crippen LogP contribution < -0.4 is 10.2 Å². The molecule has 10 heteroatoms. The molecule has 0 saturated carbocycles. The minimum atomic E-state index is -4.47. The maximum atomic E-state index is 12.7. The largest absolute Gasteiger partial charge is 0.417 e. The first-order valence-electron chi connectivity index (χ1n) is 9.65. The van der Waals surface area contributed by atoms with Gasteiger partial charge in [0.2, 0.25) is 0 Å². The summed E-state index contributed by atoms with van der Waals surface area (Å²) in [5, 5.41) is 6.93. The molecule has 3 heterocycles. The van der Waals surface area contributed by atoms with Gasteiger partial charge in [-0.1, -0.05) is 0 Å². The van der Waals surface area contributed by atoms with E-state index in [4.69, 9.17) is 4.74 Å². The maximum absolute atomic E-state index is 12.7. The summed E-state index contributed by atoms with van der Waals surface area (Å²) in [5.41, 5.74) is 1.61. The van der Waals surface area contributed by atoms with E-state index in [1.54, 1.807) is 6.92 Å². The number of anilines is 2. The van der Waals surface area contributed by atoms with Gasteiger partial charge in [-0.2, -0.15) is 18.3 Å². The molecule has 31 heavy (non-hydrogen) atoms. The number of carbonyl (C=O) groups excluding carboxylic acids is 1. The molecule has 3 aromatic rings. The Morgan fingerprint density at radius 3 is 2.39 bits per heavy atom. The number of carbonyl (C=O) groups is 1. The monoisotopic (exact) mass is 431 g/mol. The third-order valence-electron chi connectivity index (χ3n) is 5.05. The number of rotatable bonds is 4. The van der Waals surface area contributed by atoms with Crippen LogP contribution in [-0.2, 0) is 10.9 Å². The number of pyridine rings is 1. The van der Waals surface area contributed by atoms with E-state index < -0.39 is 11.7 Å². The highest BCUT2D eigenvalue weighted by molar-refractivity contribution is 6.05. The fourth-order valence-corrected chi connectivity index (χ4v) is 3.32. The highest BCUT2D eigenvalue weighted by atomic mass is 19.4. The van der Waals surface area contributed by atoms with Crippen molar-refractivity contribution in [2.75, 3.05) is 36.5 Å². The number of nitrogens with one attached hydrogen (secondary N) is 1. The van der Waals surface area contributed by atoms with Crippen LogP contribution in [0.15, 0.2) is 48.8 Å². The number of morpholine rings is 1. The van der Waals surface area contributed by atoms with Crippen molar-refractivity contribution in [3.63, 3.8) is 0 Å². The van der Waals surface area contributed by atoms with Crippen LogP contribution in [0.1, 0.15) is 21.6 Å². The molecule has 0 aliphatic carbocycles. The Labute approximate surface area is 176 Å². The number of ether oxygens (including phenoxy) is 1. The first-order valence-corrected chi connectivity index (χ1v) is 9.65. The van der Waals surface area contributed by atoms with Crippen LogP contribution in [0.25, 0.3) is 5.82 Å². The third-order valence-corrected chi connectivity index (χ3v) is 5.05. The van der Waals surface area contributed by atoms with E-state index in [1.165, 1.54) is 16.9 Å². The molecule has 1 saturated heterocycles. The van der Waals surface area contributed by atoms with Crippen LogP contribution in [0, 0.1) is 6.92 Å². The summed E-state index contributed by atoms with van der Waals surface area (Å²) in [6, 6.07) is 9.65. The van der Waals surface area contributed by atoms with Crippen molar-refractivity contribution in [3.8, 4) is 5.82 Å². The zero-order valence-electron chi connectivity index (χ0n) is 16.7. The van der Waals surface area contributed by atoms with Gasteiger partial charge in [0.1, 0.15) is 0 Å². The fourth-order valence-electron chi connectivity index (χ4n) is 3.32. The van der Waals surface area contributed by atoms with Crippen molar-refractivity contribution in [2.24, 2.45) is 0 Å². The van der Waals surface area contributed by atoms with E-state index in [-0.39, 0.29) is 11.7 Å². The number of benzene rings is 1. The van der Waals surface area contributed by atoms with Crippen LogP contribution in [0.4, 0.5) is 24.5 Å². The molecule has 1 aliphatic heterocycles. The smallest absolute Gasteiger partial charge is 0.378 e. The van der Waals surface area contributed by atoms with E-state index in [0.29, 0.717) is 30.2 Å². The van der Waals surface area contributed by atoms with Crippen LogP contribution in [-0.4, -0.2) is 47.0 Å². The molecular weight excluding hydrogens is 411 g/mol. The minimum absolute atomic E-state index is 0.194. The summed E-state index contributed by atoms with van der Waals surface area (Å²) in [5.74, 6) is -0.172. The standard InChI is InChI=1S/C21H20F3N5O2/c1-14-18(13-26-29(14)19-7-2-15(12-25-19)21(22,23)24)20(30)27-16-3-5-17(6-4-16)28-8-10-31-11-9-28/h2-7,12-13H,8-11H2,1H3,(H,27,30). The predicted octanol–water partition coefficient (Wildman–Crippen LogP) is 3.68. The van der Waals surface area contributed by atoms with Crippen molar-refractivity contribution in [3.05, 3.63) is 65.6 Å². The molecule has 1 N–H and O–H groups in total. The topological polar surface area (TPSA) is 72.3 Å². The highest BCUT2D eigenvalue weighted by Crippen LogP contribution is 2.29. The number of hydrogen-bond acceptors (Lipinski definition) is 5. The number of aromatic nitrogens is 3. The van der Waals surface area contributed by atoms with Crippen molar-refractivity contribution >= 4 is 17.3 Å². The third kappa shape index (κ3) is 4.53. The van der Waals surface area contributed by atoms with Crippen molar-refractivity contribution in [1.29, 1.82) is 0 Å². The van der Waals surface area contributed by atoms with Gasteiger partial charge in [0, 0.05) is 30.7 Å². The molecule has 1 aromatic carbocycles. The summed E-state index contributed by atoms with van der Waals surface area (Å²) in [7, 11) is 0. The summed E-state index contributed by atoms with van der Waals surface area (Å²) in [6.07, 6.45) is -2.36. The van der Waals surface area contributed by atoms with E-state index in [0.717, 1.165) is 31.0 Å². The second-order valence-electron chi connectivity index (χ2n) is 7.06. The summed E-state index contributed by atoms with van der Waals surface area (Å²) in [4.78, 5) is 18.7. The lowest BCUT2D eigenvalue weighted by atomic mass is 10.2. The average Bonchev–Trinajstić information content (AvgIpc) is 3.16. The maximum Gasteiger partial charge on any atom is 0.417 e. The van der Waals surface area contributed by atoms with Gasteiger partial charge in [0.15, 0.2) is 5.82 Å². The Morgan fingerprint density at radius 1 is 1.06 bits per heavy atom. The lowest BCUT2D eigenvalue weighted by Crippen LogP contribution is -2.36. The summed E-state index contributed by atoms with van der Waals surface area (Å²) >= 11 is 0. The van der Waals surface area contributed by atoms with Gasteiger partial charge in [-0.05, 0) is 43.3 Å². The van der Waals surface area contributed by atoms with Crippen molar-refractivity contribution in [2.45, 2.75) is 13.1 Å². The predicted molar refractivity (Wildman–Crippen MR) is 109 cm³/mol. The van der Waals surface area contributed by atoms with E-state index in [2.05, 4.69) is 20.3 Å². The van der Waals surface area contributed by atoms with Crippen LogP contribution in [0.2, 0.25) is 0 Å². The molecule has 0 bridgehead atoms. The summed E-state index contributed by atoms with van der Waals surface area (Å²) in [6.45, 7) is 4.68. The van der Waals surface area contributed by atoms with Crippen LogP contribution >= 0.6 is 0 Å². The number of hydrogen-bond donors (Lipinski definition) is 1. The SMILES string of the molecule is Cc1c(C(=O)Nc2ccc(N3CCOCC3)cc2)cnn1-c1ccc(C(F)(F)F)cn1. The normalized spacial score (nSPS) is 14.5. The Kier molecular flexibility index (Phi) is 5.64. The lowest BCUT2D eigenvalue weighted by molar-refractivity contribution is -0.137. The minimum Gasteiger partial charge on any atom is -0.378 e. The highest BCUT2D eigenvalue weighted by Gasteiger charge is 2.30. The Morgan fingerprint density at radius 2 is 1.77 bits per heavy atom. The molecule has 1 amide bonds. The van der Waals surface area contributed by atoms with Gasteiger partial charge in [-0.3, -0.25) is 4.79 Å². The number of alkyl halides is 3. The molecule has 2 aromatic heterocycles.